The molecule has 1 amide bonds. The Kier molecular flexibility index (Phi) is 3.68. The molecule has 1 aromatic rings. The Hall–Kier alpha value is -1.51. The number of amides is 1. The van der Waals surface area contributed by atoms with Crippen molar-refractivity contribution in [3.8, 4) is 5.75 Å². The molecule has 2 aliphatic rings. The fourth-order valence-electron chi connectivity index (χ4n) is 3.71. The summed E-state index contributed by atoms with van der Waals surface area (Å²) >= 11 is 0. The third-order valence-electron chi connectivity index (χ3n) is 5.03. The second-order valence-corrected chi connectivity index (χ2v) is 6.35. The van der Waals surface area contributed by atoms with Crippen LogP contribution in [0.4, 0.5) is 0 Å². The number of fused-ring (bicyclic) bond motifs is 1. The first-order chi connectivity index (χ1) is 9.65. The van der Waals surface area contributed by atoms with Gasteiger partial charge in [0.1, 0.15) is 5.75 Å². The minimum atomic E-state index is 0.0734. The van der Waals surface area contributed by atoms with Crippen LogP contribution in [0.2, 0.25) is 0 Å². The molecule has 1 saturated carbocycles. The van der Waals surface area contributed by atoms with Crippen LogP contribution in [0.15, 0.2) is 18.2 Å². The smallest absolute Gasteiger partial charge is 0.253 e. The number of phenolic OH excluding ortho intramolecular Hbond substituents is 1. The SMILES string of the molecule is Cc1ccc(C(=O)N2CCC3CCCCC3C2)cc1O. The Morgan fingerprint density at radius 3 is 2.70 bits per heavy atom. The number of piperidine rings is 1. The molecule has 0 spiro atoms. The lowest BCUT2D eigenvalue weighted by Crippen LogP contribution is -2.44. The highest BCUT2D eigenvalue weighted by molar-refractivity contribution is 5.94. The molecule has 1 saturated heterocycles. The Morgan fingerprint density at radius 1 is 1.20 bits per heavy atom. The number of carbonyl (C=O) groups is 1. The highest BCUT2D eigenvalue weighted by Crippen LogP contribution is 2.36. The molecular weight excluding hydrogens is 250 g/mol. The minimum Gasteiger partial charge on any atom is -0.508 e. The summed E-state index contributed by atoms with van der Waals surface area (Å²) in [7, 11) is 0. The number of rotatable bonds is 1. The van der Waals surface area contributed by atoms with Gasteiger partial charge in [-0.15, -0.1) is 0 Å². The fourth-order valence-corrected chi connectivity index (χ4v) is 3.71. The van der Waals surface area contributed by atoms with Crippen molar-refractivity contribution < 1.29 is 9.90 Å². The predicted molar refractivity (Wildman–Crippen MR) is 78.8 cm³/mol. The first-order valence-electron chi connectivity index (χ1n) is 7.74. The summed E-state index contributed by atoms with van der Waals surface area (Å²) in [6, 6.07) is 5.24. The van der Waals surface area contributed by atoms with Crippen LogP contribution in [0.5, 0.6) is 5.75 Å². The second-order valence-electron chi connectivity index (χ2n) is 6.35. The largest absolute Gasteiger partial charge is 0.508 e. The van der Waals surface area contributed by atoms with Crippen molar-refractivity contribution in [2.75, 3.05) is 13.1 Å². The number of aryl methyl sites for hydroxylation is 1. The highest BCUT2D eigenvalue weighted by atomic mass is 16.3. The maximum Gasteiger partial charge on any atom is 0.253 e. The number of nitrogens with zero attached hydrogens (tertiary/aromatic N) is 1. The van der Waals surface area contributed by atoms with E-state index in [9.17, 15) is 9.90 Å². The van der Waals surface area contributed by atoms with Gasteiger partial charge in [-0.25, -0.2) is 0 Å². The van der Waals surface area contributed by atoms with E-state index in [0.29, 0.717) is 11.5 Å². The van der Waals surface area contributed by atoms with E-state index >= 15 is 0 Å². The topological polar surface area (TPSA) is 40.5 Å². The van der Waals surface area contributed by atoms with Gasteiger partial charge in [-0.1, -0.05) is 25.3 Å². The van der Waals surface area contributed by atoms with Gasteiger partial charge in [0, 0.05) is 18.7 Å². The van der Waals surface area contributed by atoms with Gasteiger partial charge in [0.25, 0.3) is 5.91 Å². The van der Waals surface area contributed by atoms with E-state index in [1.165, 1.54) is 25.7 Å². The fraction of sp³-hybridized carbons (Fsp3) is 0.588. The molecule has 1 heterocycles. The van der Waals surface area contributed by atoms with Crippen molar-refractivity contribution in [3.63, 3.8) is 0 Å². The van der Waals surface area contributed by atoms with Crippen LogP contribution in [-0.4, -0.2) is 29.0 Å². The number of hydrogen-bond acceptors (Lipinski definition) is 2. The molecule has 3 rings (SSSR count). The predicted octanol–water partition coefficient (Wildman–Crippen LogP) is 3.35. The zero-order valence-corrected chi connectivity index (χ0v) is 12.1. The number of aromatic hydroxyl groups is 1. The van der Waals surface area contributed by atoms with Gasteiger partial charge in [-0.2, -0.15) is 0 Å². The molecule has 1 N–H and O–H groups in total. The summed E-state index contributed by atoms with van der Waals surface area (Å²) in [6.45, 7) is 3.61. The maximum absolute atomic E-state index is 12.6. The Bertz CT molecular complexity index is 512. The summed E-state index contributed by atoms with van der Waals surface area (Å²) in [5.74, 6) is 1.81. The van der Waals surface area contributed by atoms with E-state index in [-0.39, 0.29) is 11.7 Å². The average molecular weight is 273 g/mol. The number of benzene rings is 1. The summed E-state index contributed by atoms with van der Waals surface area (Å²) < 4.78 is 0. The van der Waals surface area contributed by atoms with Crippen LogP contribution in [0.25, 0.3) is 0 Å². The first kappa shape index (κ1) is 13.5. The molecule has 3 heteroatoms. The van der Waals surface area contributed by atoms with E-state index in [0.717, 1.165) is 31.0 Å². The molecule has 0 aromatic heterocycles. The van der Waals surface area contributed by atoms with E-state index in [4.69, 9.17) is 0 Å². The summed E-state index contributed by atoms with van der Waals surface area (Å²) in [6.07, 6.45) is 6.44. The van der Waals surface area contributed by atoms with Crippen molar-refractivity contribution >= 4 is 5.91 Å². The number of likely N-dealkylation sites (tertiary alicyclic amines) is 1. The molecule has 108 valence electrons. The second kappa shape index (κ2) is 5.47. The molecule has 1 aromatic carbocycles. The number of hydrogen-bond donors (Lipinski definition) is 1. The molecule has 2 atom stereocenters. The van der Waals surface area contributed by atoms with Gasteiger partial charge in [0.05, 0.1) is 0 Å². The maximum atomic E-state index is 12.6. The quantitative estimate of drug-likeness (QED) is 0.852. The van der Waals surface area contributed by atoms with Crippen molar-refractivity contribution in [1.82, 2.24) is 4.90 Å². The molecule has 0 radical (unpaired) electrons. The molecule has 20 heavy (non-hydrogen) atoms. The van der Waals surface area contributed by atoms with Crippen LogP contribution in [0.1, 0.15) is 48.0 Å². The summed E-state index contributed by atoms with van der Waals surface area (Å²) in [5, 5.41) is 9.76. The van der Waals surface area contributed by atoms with Gasteiger partial charge in [0.2, 0.25) is 0 Å². The van der Waals surface area contributed by atoms with Gasteiger partial charge in [0.15, 0.2) is 0 Å². The van der Waals surface area contributed by atoms with Gasteiger partial charge >= 0.3 is 0 Å². The van der Waals surface area contributed by atoms with E-state index in [2.05, 4.69) is 0 Å². The zero-order chi connectivity index (χ0) is 14.1. The van der Waals surface area contributed by atoms with Crippen molar-refractivity contribution in [2.45, 2.75) is 39.0 Å². The van der Waals surface area contributed by atoms with E-state index in [1.54, 1.807) is 6.07 Å². The number of phenols is 1. The molecule has 2 fully saturated rings. The molecule has 2 unspecified atom stereocenters. The molecule has 3 nitrogen and oxygen atoms in total. The molecule has 1 aliphatic carbocycles. The molecule has 0 bridgehead atoms. The first-order valence-corrected chi connectivity index (χ1v) is 7.74. The lowest BCUT2D eigenvalue weighted by Gasteiger charge is -2.41. The van der Waals surface area contributed by atoms with Crippen molar-refractivity contribution in [1.29, 1.82) is 0 Å². The Morgan fingerprint density at radius 2 is 1.95 bits per heavy atom. The standard InChI is InChI=1S/C17H23NO2/c1-12-6-7-14(10-16(12)19)17(20)18-9-8-13-4-2-3-5-15(13)11-18/h6-7,10,13,15,19H,2-5,8-9,11H2,1H3. The van der Waals surface area contributed by atoms with Crippen LogP contribution >= 0.6 is 0 Å². The Labute approximate surface area is 120 Å². The van der Waals surface area contributed by atoms with Crippen LogP contribution in [-0.2, 0) is 0 Å². The van der Waals surface area contributed by atoms with Crippen LogP contribution in [0.3, 0.4) is 0 Å². The average Bonchev–Trinajstić information content (AvgIpc) is 2.49. The van der Waals surface area contributed by atoms with E-state index < -0.39 is 0 Å². The third-order valence-corrected chi connectivity index (χ3v) is 5.03. The zero-order valence-electron chi connectivity index (χ0n) is 12.1. The van der Waals surface area contributed by atoms with E-state index in [1.807, 2.05) is 24.0 Å². The lowest BCUT2D eigenvalue weighted by molar-refractivity contribution is 0.0520. The van der Waals surface area contributed by atoms with Gasteiger partial charge in [-0.05, 0) is 49.3 Å². The van der Waals surface area contributed by atoms with Gasteiger partial charge < -0.3 is 10.0 Å². The normalized spacial score (nSPS) is 26.1. The minimum absolute atomic E-state index is 0.0734. The van der Waals surface area contributed by atoms with Gasteiger partial charge in [-0.3, -0.25) is 4.79 Å². The molecular formula is C17H23NO2. The summed E-state index contributed by atoms with van der Waals surface area (Å²) in [4.78, 5) is 14.5. The number of carbonyl (C=O) groups excluding carboxylic acids is 1. The van der Waals surface area contributed by atoms with Crippen LogP contribution in [0, 0.1) is 18.8 Å². The lowest BCUT2D eigenvalue weighted by atomic mass is 9.75. The Balaban J connectivity index is 1.72. The monoisotopic (exact) mass is 273 g/mol. The highest BCUT2D eigenvalue weighted by Gasteiger charge is 2.33. The van der Waals surface area contributed by atoms with Crippen molar-refractivity contribution in [2.24, 2.45) is 11.8 Å². The molecule has 1 aliphatic heterocycles. The van der Waals surface area contributed by atoms with Crippen LogP contribution < -0.4 is 0 Å². The summed E-state index contributed by atoms with van der Waals surface area (Å²) in [5.41, 5.74) is 1.43. The van der Waals surface area contributed by atoms with Crippen molar-refractivity contribution in [3.05, 3.63) is 29.3 Å². The third kappa shape index (κ3) is 2.54.